The Morgan fingerprint density at radius 3 is 2.83 bits per heavy atom. The highest BCUT2D eigenvalue weighted by atomic mass is 16.5. The first kappa shape index (κ1) is 14.6. The molecule has 1 aliphatic heterocycles. The van der Waals surface area contributed by atoms with Crippen molar-refractivity contribution in [1.29, 1.82) is 5.26 Å². The van der Waals surface area contributed by atoms with Gasteiger partial charge in [-0.2, -0.15) is 5.26 Å². The molecule has 5 nitrogen and oxygen atoms in total. The fourth-order valence-corrected chi connectivity index (χ4v) is 3.69. The molecule has 1 aliphatic carbocycles. The van der Waals surface area contributed by atoms with Crippen LogP contribution in [0.2, 0.25) is 0 Å². The number of allylic oxidation sites excluding steroid dienone is 3. The van der Waals surface area contributed by atoms with Crippen LogP contribution in [0.1, 0.15) is 30.7 Å². The van der Waals surface area contributed by atoms with Gasteiger partial charge in [-0.15, -0.1) is 0 Å². The topological polar surface area (TPSA) is 89.3 Å². The third-order valence-corrected chi connectivity index (χ3v) is 4.80. The molecule has 2 aromatic rings. The van der Waals surface area contributed by atoms with Crippen LogP contribution in [0.5, 0.6) is 5.75 Å². The van der Waals surface area contributed by atoms with Crippen LogP contribution in [-0.2, 0) is 0 Å². The quantitative estimate of drug-likeness (QED) is 0.643. The molecule has 2 unspecified atom stereocenters. The number of nitriles is 1. The van der Waals surface area contributed by atoms with Crippen molar-refractivity contribution in [2.75, 3.05) is 0 Å². The van der Waals surface area contributed by atoms with E-state index in [0.29, 0.717) is 27.9 Å². The van der Waals surface area contributed by atoms with Crippen LogP contribution in [0.3, 0.4) is 0 Å². The van der Waals surface area contributed by atoms with Crippen molar-refractivity contribution in [2.24, 2.45) is 11.7 Å². The second kappa shape index (κ2) is 5.57. The molecule has 2 heterocycles. The second-order valence-electron chi connectivity index (χ2n) is 6.14. The Kier molecular flexibility index (Phi) is 3.39. The van der Waals surface area contributed by atoms with E-state index in [0.717, 1.165) is 19.3 Å². The summed E-state index contributed by atoms with van der Waals surface area (Å²) in [4.78, 5) is 12.7. The minimum atomic E-state index is -0.455. The lowest BCUT2D eigenvalue weighted by atomic mass is 9.74. The number of hydrogen-bond acceptors (Lipinski definition) is 5. The molecule has 0 fully saturated rings. The van der Waals surface area contributed by atoms with Crippen molar-refractivity contribution in [3.63, 3.8) is 0 Å². The Hall–Kier alpha value is -3.00. The van der Waals surface area contributed by atoms with E-state index in [4.69, 9.17) is 14.9 Å². The van der Waals surface area contributed by atoms with Crippen LogP contribution in [0.15, 0.2) is 57.1 Å². The number of nitrogens with zero attached hydrogens (tertiary/aromatic N) is 1. The fourth-order valence-electron chi connectivity index (χ4n) is 3.69. The summed E-state index contributed by atoms with van der Waals surface area (Å²) in [5.74, 6) is 0.262. The molecular weight excluding hydrogens is 304 g/mol. The standard InChI is InChI=1S/C19H16N2O3/c20-10-13-15(11-6-2-1-3-7-11)16-17(24-18(13)21)12-8-4-5-9-14(12)23-19(16)22/h1-2,4-5,8-9,11,15H,3,6-7,21H2. The lowest BCUT2D eigenvalue weighted by Crippen LogP contribution is -2.30. The zero-order chi connectivity index (χ0) is 16.7. The molecular formula is C19H16N2O3. The molecule has 0 radical (unpaired) electrons. The van der Waals surface area contributed by atoms with Gasteiger partial charge < -0.3 is 14.9 Å². The minimum absolute atomic E-state index is 0.0836. The van der Waals surface area contributed by atoms with Gasteiger partial charge in [0.1, 0.15) is 11.7 Å². The summed E-state index contributed by atoms with van der Waals surface area (Å²) in [6.07, 6.45) is 6.84. The van der Waals surface area contributed by atoms with E-state index >= 15 is 0 Å². The summed E-state index contributed by atoms with van der Waals surface area (Å²) < 4.78 is 11.2. The molecule has 24 heavy (non-hydrogen) atoms. The number of ether oxygens (including phenoxy) is 1. The Bertz CT molecular complexity index is 978. The lowest BCUT2D eigenvalue weighted by Gasteiger charge is -2.32. The van der Waals surface area contributed by atoms with Crippen molar-refractivity contribution in [2.45, 2.75) is 25.2 Å². The van der Waals surface area contributed by atoms with Crippen molar-refractivity contribution < 1.29 is 9.15 Å². The van der Waals surface area contributed by atoms with E-state index in [9.17, 15) is 10.1 Å². The minimum Gasteiger partial charge on any atom is -0.439 e. The molecule has 0 amide bonds. The molecule has 5 heteroatoms. The molecule has 1 aromatic heterocycles. The predicted octanol–water partition coefficient (Wildman–Crippen LogP) is 3.32. The molecule has 2 atom stereocenters. The largest absolute Gasteiger partial charge is 0.439 e. The predicted molar refractivity (Wildman–Crippen MR) is 89.2 cm³/mol. The van der Waals surface area contributed by atoms with Crippen LogP contribution >= 0.6 is 0 Å². The van der Waals surface area contributed by atoms with Gasteiger partial charge in [0.2, 0.25) is 5.88 Å². The van der Waals surface area contributed by atoms with E-state index in [1.807, 2.05) is 12.1 Å². The van der Waals surface area contributed by atoms with Crippen molar-refractivity contribution >= 4 is 11.0 Å². The smallest absolute Gasteiger partial charge is 0.343 e. The van der Waals surface area contributed by atoms with E-state index < -0.39 is 5.63 Å². The van der Waals surface area contributed by atoms with E-state index in [-0.39, 0.29) is 17.7 Å². The van der Waals surface area contributed by atoms with Gasteiger partial charge in [0.25, 0.3) is 0 Å². The van der Waals surface area contributed by atoms with Crippen molar-refractivity contribution in [1.82, 2.24) is 0 Å². The van der Waals surface area contributed by atoms with Gasteiger partial charge in [0.15, 0.2) is 5.75 Å². The molecule has 2 aliphatic rings. The number of hydrogen-bond donors (Lipinski definition) is 1. The van der Waals surface area contributed by atoms with Gasteiger partial charge in [0, 0.05) is 5.92 Å². The van der Waals surface area contributed by atoms with E-state index in [2.05, 4.69) is 18.2 Å². The van der Waals surface area contributed by atoms with Crippen LogP contribution in [0.4, 0.5) is 0 Å². The van der Waals surface area contributed by atoms with Crippen LogP contribution in [0.25, 0.3) is 11.0 Å². The molecule has 1 aromatic carbocycles. The van der Waals surface area contributed by atoms with Gasteiger partial charge >= 0.3 is 5.63 Å². The Labute approximate surface area is 138 Å². The molecule has 120 valence electrons. The fraction of sp³-hybridized carbons (Fsp3) is 0.263. The maximum Gasteiger partial charge on any atom is 0.343 e. The normalized spacial score (nSPS) is 22.8. The third kappa shape index (κ3) is 2.11. The molecule has 0 spiro atoms. The summed E-state index contributed by atoms with van der Waals surface area (Å²) in [5.41, 5.74) is 6.77. The maximum absolute atomic E-state index is 12.7. The summed E-state index contributed by atoms with van der Waals surface area (Å²) >= 11 is 0. The number of para-hydroxylation sites is 1. The third-order valence-electron chi connectivity index (χ3n) is 4.80. The maximum atomic E-state index is 12.7. The highest BCUT2D eigenvalue weighted by Crippen LogP contribution is 2.46. The summed E-state index contributed by atoms with van der Waals surface area (Å²) in [6, 6.07) is 9.34. The Morgan fingerprint density at radius 1 is 1.25 bits per heavy atom. The summed E-state index contributed by atoms with van der Waals surface area (Å²) in [6.45, 7) is 0. The molecule has 0 saturated heterocycles. The highest BCUT2D eigenvalue weighted by Gasteiger charge is 2.38. The SMILES string of the molecule is N#CC1=C(N)Oc2c(c(=O)oc3ccccc23)C1C1CC=CCC1. The molecule has 4 rings (SSSR count). The summed E-state index contributed by atoms with van der Waals surface area (Å²) in [7, 11) is 0. The van der Waals surface area contributed by atoms with Crippen LogP contribution < -0.4 is 16.1 Å². The van der Waals surface area contributed by atoms with Gasteiger partial charge in [-0.05, 0) is 37.3 Å². The Balaban J connectivity index is 2.00. The summed E-state index contributed by atoms with van der Waals surface area (Å²) in [5, 5.41) is 10.3. The molecule has 0 saturated carbocycles. The first-order chi connectivity index (χ1) is 11.7. The number of benzene rings is 1. The van der Waals surface area contributed by atoms with Gasteiger partial charge in [-0.1, -0.05) is 24.3 Å². The van der Waals surface area contributed by atoms with Crippen molar-refractivity contribution in [3.8, 4) is 11.8 Å². The average molecular weight is 320 g/mol. The first-order valence-electron chi connectivity index (χ1n) is 7.99. The van der Waals surface area contributed by atoms with Gasteiger partial charge in [-0.25, -0.2) is 4.79 Å². The van der Waals surface area contributed by atoms with E-state index in [1.165, 1.54) is 0 Å². The molecule has 2 N–H and O–H groups in total. The highest BCUT2D eigenvalue weighted by molar-refractivity contribution is 5.85. The van der Waals surface area contributed by atoms with Crippen LogP contribution in [0, 0.1) is 17.2 Å². The average Bonchev–Trinajstić information content (AvgIpc) is 2.61. The molecule has 0 bridgehead atoms. The number of rotatable bonds is 1. The zero-order valence-corrected chi connectivity index (χ0v) is 13.0. The zero-order valence-electron chi connectivity index (χ0n) is 13.0. The van der Waals surface area contributed by atoms with E-state index in [1.54, 1.807) is 12.1 Å². The van der Waals surface area contributed by atoms with Gasteiger partial charge in [0.05, 0.1) is 16.5 Å². The second-order valence-corrected chi connectivity index (χ2v) is 6.14. The number of fused-ring (bicyclic) bond motifs is 3. The van der Waals surface area contributed by atoms with Crippen LogP contribution in [-0.4, -0.2) is 0 Å². The van der Waals surface area contributed by atoms with Crippen molar-refractivity contribution in [3.05, 3.63) is 63.9 Å². The monoisotopic (exact) mass is 320 g/mol. The number of nitrogens with two attached hydrogens (primary N) is 1. The first-order valence-corrected chi connectivity index (χ1v) is 7.99. The lowest BCUT2D eigenvalue weighted by molar-refractivity contribution is 0.339. The van der Waals surface area contributed by atoms with Gasteiger partial charge in [-0.3, -0.25) is 0 Å². The Morgan fingerprint density at radius 2 is 2.08 bits per heavy atom.